The fraction of sp³-hybridized carbons (Fsp3) is 0.227. The number of rotatable bonds is 2. The first kappa shape index (κ1) is 18.0. The summed E-state index contributed by atoms with van der Waals surface area (Å²) < 4.78 is 6.70. The Hall–Kier alpha value is -3.41. The molecule has 0 spiro atoms. The van der Waals surface area contributed by atoms with Gasteiger partial charge in [0, 0.05) is 21.9 Å². The molecular weight excluding hydrogens is 356 g/mol. The lowest BCUT2D eigenvalue weighted by Crippen LogP contribution is -2.37. The summed E-state index contributed by atoms with van der Waals surface area (Å²) >= 11 is 0. The van der Waals surface area contributed by atoms with Gasteiger partial charge >= 0.3 is 6.09 Å². The Balaban J connectivity index is 1.89. The van der Waals surface area contributed by atoms with Crippen molar-refractivity contribution in [1.29, 1.82) is 0 Å². The molecule has 3 aromatic rings. The van der Waals surface area contributed by atoms with Gasteiger partial charge in [-0.25, -0.2) is 4.79 Å². The SMILES string of the molecule is CC(C)(C)OC(=O)NCn1c2c(c3ccccc3c1=O)C(=O)c1ccccc1-2. The summed E-state index contributed by atoms with van der Waals surface area (Å²) in [5.41, 5.74) is 1.34. The number of alkyl carbamates (subject to hydrolysis) is 1. The van der Waals surface area contributed by atoms with E-state index >= 15 is 0 Å². The van der Waals surface area contributed by atoms with Crippen molar-refractivity contribution in [2.45, 2.75) is 33.0 Å². The Kier molecular flexibility index (Phi) is 4.07. The molecule has 0 saturated carbocycles. The summed E-state index contributed by atoms with van der Waals surface area (Å²) in [5, 5.41) is 3.69. The average molecular weight is 376 g/mol. The molecule has 0 unspecified atom stereocenters. The number of hydrogen-bond acceptors (Lipinski definition) is 4. The molecule has 1 aliphatic carbocycles. The fourth-order valence-corrected chi connectivity index (χ4v) is 3.54. The van der Waals surface area contributed by atoms with E-state index in [-0.39, 0.29) is 18.0 Å². The first-order chi connectivity index (χ1) is 13.3. The molecule has 2 aromatic carbocycles. The maximum absolute atomic E-state index is 13.2. The van der Waals surface area contributed by atoms with Crippen LogP contribution in [0.4, 0.5) is 4.79 Å². The number of pyridine rings is 1. The highest BCUT2D eigenvalue weighted by molar-refractivity contribution is 6.26. The van der Waals surface area contributed by atoms with Crippen LogP contribution in [0.1, 0.15) is 36.7 Å². The van der Waals surface area contributed by atoms with Crippen LogP contribution in [-0.4, -0.2) is 22.0 Å². The van der Waals surface area contributed by atoms with Crippen LogP contribution in [0.5, 0.6) is 0 Å². The quantitative estimate of drug-likeness (QED) is 0.579. The molecule has 142 valence electrons. The molecule has 1 amide bonds. The van der Waals surface area contributed by atoms with Gasteiger partial charge in [0.2, 0.25) is 0 Å². The second-order valence-electron chi connectivity index (χ2n) is 7.71. The van der Waals surface area contributed by atoms with Crippen molar-refractivity contribution in [3.8, 4) is 11.3 Å². The summed E-state index contributed by atoms with van der Waals surface area (Å²) in [6.07, 6.45) is -0.626. The van der Waals surface area contributed by atoms with Crippen molar-refractivity contribution in [1.82, 2.24) is 9.88 Å². The summed E-state index contributed by atoms with van der Waals surface area (Å²) in [5.74, 6) is -0.118. The Morgan fingerprint density at radius 2 is 1.57 bits per heavy atom. The monoisotopic (exact) mass is 376 g/mol. The van der Waals surface area contributed by atoms with Crippen molar-refractivity contribution in [2.75, 3.05) is 0 Å². The minimum absolute atomic E-state index is 0.0947. The average Bonchev–Trinajstić information content (AvgIpc) is 2.94. The molecular formula is C22H20N2O4. The van der Waals surface area contributed by atoms with Crippen LogP contribution in [0.3, 0.4) is 0 Å². The number of hydrogen-bond donors (Lipinski definition) is 1. The van der Waals surface area contributed by atoms with Crippen molar-refractivity contribution in [3.05, 3.63) is 70.0 Å². The molecule has 6 heteroatoms. The van der Waals surface area contributed by atoms with Crippen LogP contribution in [0.25, 0.3) is 22.0 Å². The number of fused-ring (bicyclic) bond motifs is 5. The minimum Gasteiger partial charge on any atom is -0.444 e. The van der Waals surface area contributed by atoms with Crippen LogP contribution in [-0.2, 0) is 11.4 Å². The van der Waals surface area contributed by atoms with Gasteiger partial charge in [0.05, 0.1) is 11.3 Å². The van der Waals surface area contributed by atoms with Gasteiger partial charge in [-0.2, -0.15) is 0 Å². The van der Waals surface area contributed by atoms with Crippen LogP contribution < -0.4 is 10.9 Å². The number of amides is 1. The summed E-state index contributed by atoms with van der Waals surface area (Å²) in [6.45, 7) is 5.20. The third-order valence-corrected chi connectivity index (χ3v) is 4.61. The molecule has 0 fully saturated rings. The number of carbonyl (C=O) groups excluding carboxylic acids is 2. The van der Waals surface area contributed by atoms with E-state index in [4.69, 9.17) is 4.74 Å². The molecule has 1 aromatic heterocycles. The Labute approximate surface area is 161 Å². The van der Waals surface area contributed by atoms with Crippen molar-refractivity contribution < 1.29 is 14.3 Å². The third-order valence-electron chi connectivity index (χ3n) is 4.61. The predicted molar refractivity (Wildman–Crippen MR) is 106 cm³/mol. The van der Waals surface area contributed by atoms with Gasteiger partial charge < -0.3 is 10.1 Å². The number of ketones is 1. The molecule has 0 bridgehead atoms. The second-order valence-corrected chi connectivity index (χ2v) is 7.71. The predicted octanol–water partition coefficient (Wildman–Crippen LogP) is 3.70. The van der Waals surface area contributed by atoms with Gasteiger partial charge in [-0.3, -0.25) is 14.2 Å². The highest BCUT2D eigenvalue weighted by atomic mass is 16.6. The van der Waals surface area contributed by atoms with E-state index in [2.05, 4.69) is 5.32 Å². The zero-order valence-electron chi connectivity index (χ0n) is 15.9. The molecule has 4 rings (SSSR count). The van der Waals surface area contributed by atoms with Gasteiger partial charge in [0.15, 0.2) is 5.78 Å². The first-order valence-corrected chi connectivity index (χ1v) is 9.04. The molecule has 0 aliphatic heterocycles. The van der Waals surface area contributed by atoms with Crippen molar-refractivity contribution >= 4 is 22.6 Å². The van der Waals surface area contributed by atoms with Gasteiger partial charge in [-0.1, -0.05) is 42.5 Å². The van der Waals surface area contributed by atoms with Crippen LogP contribution in [0.2, 0.25) is 0 Å². The van der Waals surface area contributed by atoms with Crippen LogP contribution >= 0.6 is 0 Å². The molecule has 0 radical (unpaired) electrons. The van der Waals surface area contributed by atoms with Crippen LogP contribution in [0.15, 0.2) is 53.3 Å². The number of aromatic nitrogens is 1. The topological polar surface area (TPSA) is 77.4 Å². The van der Waals surface area contributed by atoms with Gasteiger partial charge in [0.25, 0.3) is 5.56 Å². The minimum atomic E-state index is -0.650. The number of nitrogens with zero attached hydrogens (tertiary/aromatic N) is 1. The Morgan fingerprint density at radius 1 is 0.964 bits per heavy atom. The maximum atomic E-state index is 13.2. The lowest BCUT2D eigenvalue weighted by molar-refractivity contribution is 0.0511. The van der Waals surface area contributed by atoms with Gasteiger partial charge in [-0.15, -0.1) is 0 Å². The summed E-state index contributed by atoms with van der Waals surface area (Å²) in [7, 11) is 0. The Bertz CT molecular complexity index is 1190. The third kappa shape index (κ3) is 2.87. The highest BCUT2D eigenvalue weighted by Crippen LogP contribution is 2.38. The highest BCUT2D eigenvalue weighted by Gasteiger charge is 2.32. The zero-order chi connectivity index (χ0) is 20.1. The summed E-state index contributed by atoms with van der Waals surface area (Å²) in [6, 6.07) is 14.2. The van der Waals surface area contributed by atoms with E-state index in [1.165, 1.54) is 4.57 Å². The summed E-state index contributed by atoms with van der Waals surface area (Å²) in [4.78, 5) is 38.3. The number of ether oxygens (including phenoxy) is 1. The zero-order valence-corrected chi connectivity index (χ0v) is 15.9. The van der Waals surface area contributed by atoms with Crippen molar-refractivity contribution in [2.24, 2.45) is 0 Å². The molecule has 6 nitrogen and oxygen atoms in total. The molecule has 1 aliphatic rings. The lowest BCUT2D eigenvalue weighted by Gasteiger charge is -2.21. The molecule has 0 saturated heterocycles. The molecule has 1 heterocycles. The largest absolute Gasteiger partial charge is 0.444 e. The van der Waals surface area contributed by atoms with Gasteiger partial charge in [0.1, 0.15) is 12.3 Å². The van der Waals surface area contributed by atoms with Gasteiger partial charge in [-0.05, 0) is 26.8 Å². The molecule has 0 atom stereocenters. The normalized spacial score (nSPS) is 12.6. The van der Waals surface area contributed by atoms with Crippen molar-refractivity contribution in [3.63, 3.8) is 0 Å². The second kappa shape index (κ2) is 6.34. The number of nitrogens with one attached hydrogen (secondary N) is 1. The van der Waals surface area contributed by atoms with E-state index < -0.39 is 11.7 Å². The van der Waals surface area contributed by atoms with E-state index in [1.807, 2.05) is 18.2 Å². The lowest BCUT2D eigenvalue weighted by atomic mass is 10.0. The molecule has 28 heavy (non-hydrogen) atoms. The molecule has 1 N–H and O–H groups in total. The first-order valence-electron chi connectivity index (χ1n) is 9.04. The number of carbonyl (C=O) groups is 2. The van der Waals surface area contributed by atoms with E-state index in [1.54, 1.807) is 51.1 Å². The maximum Gasteiger partial charge on any atom is 0.409 e. The standard InChI is InChI=1S/C22H20N2O4/c1-22(2,3)28-21(27)23-12-24-18-14-9-5-6-10-15(14)19(25)17(18)13-8-4-7-11-16(13)20(24)26/h4-11H,12H2,1-3H3,(H,23,27). The van der Waals surface area contributed by atoms with E-state index in [0.717, 1.165) is 0 Å². The fourth-order valence-electron chi connectivity index (χ4n) is 3.54. The smallest absolute Gasteiger partial charge is 0.409 e. The van der Waals surface area contributed by atoms with E-state index in [0.29, 0.717) is 33.2 Å². The van der Waals surface area contributed by atoms with E-state index in [9.17, 15) is 14.4 Å². The Morgan fingerprint density at radius 3 is 2.25 bits per heavy atom. The van der Waals surface area contributed by atoms with Crippen LogP contribution in [0, 0.1) is 0 Å². The number of benzene rings is 2.